The number of carbonyl (C=O) groups is 3. The number of hydrogen-bond acceptors (Lipinski definition) is 5. The Labute approximate surface area is 207 Å². The molecule has 34 heavy (non-hydrogen) atoms. The fourth-order valence-corrected chi connectivity index (χ4v) is 2.24. The van der Waals surface area contributed by atoms with Crippen LogP contribution in [-0.4, -0.2) is 36.2 Å². The van der Waals surface area contributed by atoms with Gasteiger partial charge in [-0.15, -0.1) is 0 Å². The molecule has 0 bridgehead atoms. The third-order valence-electron chi connectivity index (χ3n) is 4.87. The molecule has 0 aliphatic carbocycles. The molecular formula is C29H46O5. The molecule has 0 radical (unpaired) electrons. The molecule has 2 rings (SSSR count). The van der Waals surface area contributed by atoms with Crippen molar-refractivity contribution < 1.29 is 24.2 Å². The number of ether oxygens (including phenoxy) is 1. The van der Waals surface area contributed by atoms with E-state index in [1.165, 1.54) is 13.8 Å². The number of hydrogen-bond donors (Lipinski definition) is 1. The van der Waals surface area contributed by atoms with Crippen molar-refractivity contribution in [1.29, 1.82) is 0 Å². The number of ketones is 3. The first-order valence-electron chi connectivity index (χ1n) is 11.8. The molecule has 5 nitrogen and oxygen atoms in total. The van der Waals surface area contributed by atoms with E-state index in [4.69, 9.17) is 9.84 Å². The van der Waals surface area contributed by atoms with Gasteiger partial charge < -0.3 is 9.84 Å². The van der Waals surface area contributed by atoms with Crippen LogP contribution in [0.4, 0.5) is 0 Å². The average molecular weight is 475 g/mol. The second-order valence-electron chi connectivity index (χ2n) is 7.28. The second-order valence-corrected chi connectivity index (χ2v) is 7.28. The molecule has 1 N–H and O–H groups in total. The topological polar surface area (TPSA) is 80.7 Å². The zero-order valence-electron chi connectivity index (χ0n) is 23.3. The maximum absolute atomic E-state index is 11.3. The number of carbonyl (C=O) groups excluding carboxylic acids is 3. The van der Waals surface area contributed by atoms with Crippen molar-refractivity contribution in [3.63, 3.8) is 0 Å². The Morgan fingerprint density at radius 3 is 1.53 bits per heavy atom. The van der Waals surface area contributed by atoms with Crippen LogP contribution in [0.15, 0.2) is 42.5 Å². The lowest BCUT2D eigenvalue weighted by Gasteiger charge is -2.15. The molecule has 0 atom stereocenters. The lowest BCUT2D eigenvalue weighted by molar-refractivity contribution is -0.136. The third kappa shape index (κ3) is 12.4. The lowest BCUT2D eigenvalue weighted by Crippen LogP contribution is -2.29. The molecule has 0 aliphatic heterocycles. The van der Waals surface area contributed by atoms with Crippen molar-refractivity contribution in [3.05, 3.63) is 53.6 Å². The molecule has 0 saturated heterocycles. The largest absolute Gasteiger partial charge is 0.494 e. The molecule has 5 heteroatoms. The minimum Gasteiger partial charge on any atom is -0.494 e. The highest BCUT2D eigenvalue weighted by Gasteiger charge is 2.28. The van der Waals surface area contributed by atoms with Gasteiger partial charge in [0.1, 0.15) is 17.3 Å². The molecule has 0 fully saturated rings. The summed E-state index contributed by atoms with van der Waals surface area (Å²) in [7, 11) is 1.00. The van der Waals surface area contributed by atoms with Gasteiger partial charge in [0.15, 0.2) is 5.78 Å². The van der Waals surface area contributed by atoms with Crippen molar-refractivity contribution in [2.24, 2.45) is 5.41 Å². The summed E-state index contributed by atoms with van der Waals surface area (Å²) >= 11 is 0. The Morgan fingerprint density at radius 1 is 0.794 bits per heavy atom. The summed E-state index contributed by atoms with van der Waals surface area (Å²) in [5, 5.41) is 7.00. The fourth-order valence-electron chi connectivity index (χ4n) is 2.24. The second kappa shape index (κ2) is 19.7. The molecule has 192 valence electrons. The van der Waals surface area contributed by atoms with Gasteiger partial charge in [-0.2, -0.15) is 0 Å². The molecular weight excluding hydrogens is 428 g/mol. The van der Waals surface area contributed by atoms with Crippen LogP contribution >= 0.6 is 0 Å². The predicted molar refractivity (Wildman–Crippen MR) is 144 cm³/mol. The van der Waals surface area contributed by atoms with E-state index in [-0.39, 0.29) is 17.3 Å². The Kier molecular flexibility index (Phi) is 20.7. The smallest absolute Gasteiger partial charge is 0.159 e. The number of rotatable bonds is 6. The van der Waals surface area contributed by atoms with E-state index in [1.807, 2.05) is 71.9 Å². The number of benzene rings is 2. The van der Waals surface area contributed by atoms with Crippen molar-refractivity contribution in [1.82, 2.24) is 0 Å². The first kappa shape index (κ1) is 35.8. The quantitative estimate of drug-likeness (QED) is 0.356. The summed E-state index contributed by atoms with van der Waals surface area (Å²) in [6.07, 6.45) is 0. The first-order chi connectivity index (χ1) is 16.0. The average Bonchev–Trinajstić information content (AvgIpc) is 2.84. The summed E-state index contributed by atoms with van der Waals surface area (Å²) in [4.78, 5) is 32.6. The van der Waals surface area contributed by atoms with E-state index >= 15 is 0 Å². The number of aliphatic hydroxyl groups excluding tert-OH is 1. The molecule has 2 aromatic carbocycles. The van der Waals surface area contributed by atoms with Crippen LogP contribution in [0.25, 0.3) is 11.1 Å². The zero-order chi connectivity index (χ0) is 27.5. The Hall–Kier alpha value is -2.79. The van der Waals surface area contributed by atoms with E-state index in [0.717, 1.165) is 35.1 Å². The van der Waals surface area contributed by atoms with E-state index in [2.05, 4.69) is 12.1 Å². The third-order valence-corrected chi connectivity index (χ3v) is 4.87. The SMILES string of the molecule is CC.CC.CC(=O)C(C)(C)C(C)=O.CCOc1cc(-c2ccc(C(C)=O)cc2)ccc1C.CO. The van der Waals surface area contributed by atoms with Crippen LogP contribution in [-0.2, 0) is 9.59 Å². The van der Waals surface area contributed by atoms with Crippen molar-refractivity contribution in [2.45, 2.75) is 76.2 Å². The van der Waals surface area contributed by atoms with Crippen LogP contribution in [0, 0.1) is 12.3 Å². The molecule has 0 aromatic heterocycles. The summed E-state index contributed by atoms with van der Waals surface area (Å²) < 4.78 is 5.61. The molecule has 0 saturated carbocycles. The Bertz CT molecular complexity index is 833. The van der Waals surface area contributed by atoms with Gasteiger partial charge in [0.05, 0.1) is 12.0 Å². The van der Waals surface area contributed by atoms with Gasteiger partial charge in [0.2, 0.25) is 0 Å². The van der Waals surface area contributed by atoms with Crippen LogP contribution < -0.4 is 4.74 Å². The van der Waals surface area contributed by atoms with E-state index in [9.17, 15) is 14.4 Å². The molecule has 0 heterocycles. The fraction of sp³-hybridized carbons (Fsp3) is 0.483. The van der Waals surface area contributed by atoms with Crippen molar-refractivity contribution in [3.8, 4) is 16.9 Å². The Balaban J connectivity index is -0.000000542. The molecule has 0 unspecified atom stereocenters. The minimum atomic E-state index is -0.778. The van der Waals surface area contributed by atoms with Crippen molar-refractivity contribution >= 4 is 17.3 Å². The van der Waals surface area contributed by atoms with Gasteiger partial charge in [0.25, 0.3) is 0 Å². The van der Waals surface area contributed by atoms with Gasteiger partial charge in [-0.3, -0.25) is 14.4 Å². The van der Waals surface area contributed by atoms with Crippen LogP contribution in [0.3, 0.4) is 0 Å². The lowest BCUT2D eigenvalue weighted by atomic mass is 9.85. The van der Waals surface area contributed by atoms with Gasteiger partial charge in [-0.1, -0.05) is 64.1 Å². The maximum atomic E-state index is 11.3. The van der Waals surface area contributed by atoms with Crippen LogP contribution in [0.1, 0.15) is 85.2 Å². The summed E-state index contributed by atoms with van der Waals surface area (Å²) in [5.74, 6) is 0.853. The zero-order valence-corrected chi connectivity index (χ0v) is 23.3. The molecule has 0 aliphatic rings. The monoisotopic (exact) mass is 474 g/mol. The van der Waals surface area contributed by atoms with E-state index in [1.54, 1.807) is 20.8 Å². The summed E-state index contributed by atoms with van der Waals surface area (Å²) in [6.45, 7) is 20.4. The standard InChI is InChI=1S/C17H18O2.C7H12O2.2C2H6.CH4O/c1-4-19-17-11-16(6-5-12(17)2)15-9-7-14(8-10-15)13(3)18;1-5(8)7(3,4)6(2)9;3*1-2/h5-11H,4H2,1-3H3;1-4H3;2*1-2H3;2H,1H3. The van der Waals surface area contributed by atoms with Crippen LogP contribution in [0.5, 0.6) is 5.75 Å². The highest BCUT2D eigenvalue weighted by molar-refractivity contribution is 6.04. The van der Waals surface area contributed by atoms with Gasteiger partial charge in [-0.25, -0.2) is 0 Å². The number of aryl methyl sites for hydroxylation is 1. The number of Topliss-reactive ketones (excluding diaryl/α,β-unsaturated/α-hetero) is 3. The first-order valence-corrected chi connectivity index (χ1v) is 11.8. The van der Waals surface area contributed by atoms with E-state index in [0.29, 0.717) is 6.61 Å². The maximum Gasteiger partial charge on any atom is 0.159 e. The number of aliphatic hydroxyl groups is 1. The van der Waals surface area contributed by atoms with Gasteiger partial charge in [0, 0.05) is 12.7 Å². The predicted octanol–water partition coefficient (Wildman–Crippen LogP) is 7.11. The van der Waals surface area contributed by atoms with Crippen LogP contribution in [0.2, 0.25) is 0 Å². The highest BCUT2D eigenvalue weighted by atomic mass is 16.5. The molecule has 0 spiro atoms. The minimum absolute atomic E-state index is 0.0741. The van der Waals surface area contributed by atoms with Gasteiger partial charge in [-0.05, 0) is 71.2 Å². The summed E-state index contributed by atoms with van der Waals surface area (Å²) in [5.41, 5.74) is 3.28. The normalized spacial score (nSPS) is 9.21. The van der Waals surface area contributed by atoms with Crippen molar-refractivity contribution in [2.75, 3.05) is 13.7 Å². The summed E-state index contributed by atoms with van der Waals surface area (Å²) in [6, 6.07) is 13.8. The molecule has 2 aromatic rings. The van der Waals surface area contributed by atoms with E-state index < -0.39 is 5.41 Å². The Morgan fingerprint density at radius 2 is 1.21 bits per heavy atom. The highest BCUT2D eigenvalue weighted by Crippen LogP contribution is 2.27. The van der Waals surface area contributed by atoms with Gasteiger partial charge >= 0.3 is 0 Å². The molecule has 0 amide bonds.